The number of anilines is 4. The Morgan fingerprint density at radius 3 is 2.62 bits per heavy atom. The van der Waals surface area contributed by atoms with Gasteiger partial charge in [-0.1, -0.05) is 6.07 Å². The van der Waals surface area contributed by atoms with Gasteiger partial charge in [0.2, 0.25) is 16.0 Å². The van der Waals surface area contributed by atoms with Crippen molar-refractivity contribution in [2.75, 3.05) is 54.5 Å². The first kappa shape index (κ1) is 25.0. The van der Waals surface area contributed by atoms with Gasteiger partial charge in [-0.15, -0.1) is 0 Å². The maximum atomic E-state index is 12.1. The number of piperazine rings is 1. The molecule has 11 heteroatoms. The van der Waals surface area contributed by atoms with E-state index in [1.54, 1.807) is 18.5 Å². The summed E-state index contributed by atoms with van der Waals surface area (Å²) in [5.41, 5.74) is 3.64. The van der Waals surface area contributed by atoms with Crippen molar-refractivity contribution in [3.05, 3.63) is 66.6 Å². The molecule has 5 rings (SSSR count). The predicted molar refractivity (Wildman–Crippen MR) is 148 cm³/mol. The highest BCUT2D eigenvalue weighted by Gasteiger charge is 2.21. The summed E-state index contributed by atoms with van der Waals surface area (Å²) in [6.07, 6.45) is 6.47. The van der Waals surface area contributed by atoms with E-state index in [2.05, 4.69) is 51.2 Å². The van der Waals surface area contributed by atoms with Gasteiger partial charge in [-0.05, 0) is 50.4 Å². The predicted octanol–water partition coefficient (Wildman–Crippen LogP) is 3.15. The van der Waals surface area contributed by atoms with Crippen molar-refractivity contribution in [1.29, 1.82) is 0 Å². The van der Waals surface area contributed by atoms with Crippen molar-refractivity contribution in [3.63, 3.8) is 0 Å². The number of hydrogen-bond donors (Lipinski definition) is 1. The number of benzene rings is 1. The fourth-order valence-electron chi connectivity index (χ4n) is 4.50. The Labute approximate surface area is 217 Å². The second-order valence-electron chi connectivity index (χ2n) is 9.58. The summed E-state index contributed by atoms with van der Waals surface area (Å²) in [7, 11) is 0.245. The van der Waals surface area contributed by atoms with Crippen LogP contribution in [-0.4, -0.2) is 78.9 Å². The van der Waals surface area contributed by atoms with Crippen molar-refractivity contribution >= 4 is 44.2 Å². The van der Waals surface area contributed by atoms with Gasteiger partial charge in [0.1, 0.15) is 11.5 Å². The summed E-state index contributed by atoms with van der Waals surface area (Å²) in [6, 6.07) is 14.5. The van der Waals surface area contributed by atoms with E-state index in [1.165, 1.54) is 23.3 Å². The Morgan fingerprint density at radius 1 is 1.11 bits per heavy atom. The van der Waals surface area contributed by atoms with Gasteiger partial charge >= 0.3 is 0 Å². The molecule has 0 saturated carbocycles. The topological polar surface area (TPSA) is 99.5 Å². The maximum absolute atomic E-state index is 12.1. The first-order valence-corrected chi connectivity index (χ1v) is 14.1. The average Bonchev–Trinajstić information content (AvgIpc) is 3.27. The Morgan fingerprint density at radius 2 is 1.89 bits per heavy atom. The molecule has 0 spiro atoms. The molecule has 0 unspecified atom stereocenters. The molecule has 1 aliphatic heterocycles. The average molecular weight is 521 g/mol. The van der Waals surface area contributed by atoms with Crippen LogP contribution in [0.3, 0.4) is 0 Å². The van der Waals surface area contributed by atoms with Gasteiger partial charge in [-0.3, -0.25) is 4.31 Å². The molecule has 4 heterocycles. The number of fused-ring (bicyclic) bond motifs is 1. The van der Waals surface area contributed by atoms with Gasteiger partial charge in [0, 0.05) is 73.6 Å². The minimum atomic E-state index is -3.44. The van der Waals surface area contributed by atoms with E-state index in [-0.39, 0.29) is 0 Å². The number of rotatable bonds is 7. The van der Waals surface area contributed by atoms with Crippen LogP contribution in [0.1, 0.15) is 12.5 Å². The molecule has 1 saturated heterocycles. The van der Waals surface area contributed by atoms with Gasteiger partial charge in [-0.25, -0.2) is 18.4 Å². The maximum Gasteiger partial charge on any atom is 0.233 e. The van der Waals surface area contributed by atoms with Crippen LogP contribution in [-0.2, 0) is 16.6 Å². The fraction of sp³-hybridized carbons (Fsp3) is 0.346. The lowest BCUT2D eigenvalue weighted by molar-refractivity contribution is 0.234. The zero-order chi connectivity index (χ0) is 26.2. The van der Waals surface area contributed by atoms with Crippen LogP contribution in [0.2, 0.25) is 0 Å². The minimum Gasteiger partial charge on any atom is -0.369 e. The Kier molecular flexibility index (Phi) is 6.74. The highest BCUT2D eigenvalue weighted by Crippen LogP contribution is 2.25. The Balaban J connectivity index is 1.35. The Bertz CT molecular complexity index is 1500. The summed E-state index contributed by atoms with van der Waals surface area (Å²) in [4.78, 5) is 18.3. The third kappa shape index (κ3) is 5.37. The summed E-state index contributed by atoms with van der Waals surface area (Å²) in [5, 5.41) is 4.21. The van der Waals surface area contributed by atoms with Gasteiger partial charge < -0.3 is 19.7 Å². The molecule has 37 heavy (non-hydrogen) atoms. The highest BCUT2D eigenvalue weighted by atomic mass is 32.2. The molecule has 0 bridgehead atoms. The van der Waals surface area contributed by atoms with E-state index in [0.29, 0.717) is 24.4 Å². The van der Waals surface area contributed by atoms with Gasteiger partial charge in [-0.2, -0.15) is 4.98 Å². The molecule has 10 nitrogen and oxygen atoms in total. The third-order valence-electron chi connectivity index (χ3n) is 6.95. The smallest absolute Gasteiger partial charge is 0.233 e. The highest BCUT2D eigenvalue weighted by molar-refractivity contribution is 7.92. The molecular formula is C26H32N8O2S. The van der Waals surface area contributed by atoms with E-state index in [4.69, 9.17) is 4.98 Å². The van der Waals surface area contributed by atoms with E-state index in [1.807, 2.05) is 35.0 Å². The third-order valence-corrected chi connectivity index (χ3v) is 8.12. The van der Waals surface area contributed by atoms with Crippen LogP contribution < -0.4 is 14.5 Å². The SMILES string of the molecule is C[C@H]1CN(c2ccc(Nc3ncc4ccn(Cc5cccnc5N(C)S(C)(=O)=O)c4n3)cc2)CCN1C. The second-order valence-corrected chi connectivity index (χ2v) is 11.6. The van der Waals surface area contributed by atoms with E-state index >= 15 is 0 Å². The summed E-state index contributed by atoms with van der Waals surface area (Å²) < 4.78 is 27.4. The fourth-order valence-corrected chi connectivity index (χ4v) is 4.98. The molecule has 1 aliphatic rings. The normalized spacial score (nSPS) is 16.8. The van der Waals surface area contributed by atoms with E-state index in [9.17, 15) is 8.42 Å². The van der Waals surface area contributed by atoms with Crippen LogP contribution in [0.4, 0.5) is 23.1 Å². The number of pyridine rings is 1. The van der Waals surface area contributed by atoms with Crippen LogP contribution in [0, 0.1) is 0 Å². The summed E-state index contributed by atoms with van der Waals surface area (Å²) in [5.74, 6) is 0.891. The summed E-state index contributed by atoms with van der Waals surface area (Å²) in [6.45, 7) is 5.76. The number of nitrogens with one attached hydrogen (secondary N) is 1. The van der Waals surface area contributed by atoms with Crippen molar-refractivity contribution in [2.24, 2.45) is 0 Å². The number of likely N-dealkylation sites (N-methyl/N-ethyl adjacent to an activating group) is 1. The van der Waals surface area contributed by atoms with Crippen LogP contribution >= 0.6 is 0 Å². The monoisotopic (exact) mass is 520 g/mol. The van der Waals surface area contributed by atoms with Crippen molar-refractivity contribution in [3.8, 4) is 0 Å². The van der Waals surface area contributed by atoms with Crippen molar-refractivity contribution < 1.29 is 8.42 Å². The minimum absolute atomic E-state index is 0.397. The van der Waals surface area contributed by atoms with Gasteiger partial charge in [0.25, 0.3) is 0 Å². The van der Waals surface area contributed by atoms with Crippen LogP contribution in [0.5, 0.6) is 0 Å². The molecule has 1 atom stereocenters. The molecule has 3 aromatic heterocycles. The first-order valence-electron chi connectivity index (χ1n) is 12.2. The standard InChI is InChI=1S/C26H32N8O2S/c1-19-17-33(15-14-31(19)2)23-9-7-22(8-10-23)29-26-28-16-20-11-13-34(25(20)30-26)18-21-6-5-12-27-24(21)32(3)37(4,35)36/h5-13,16,19H,14-15,17-18H2,1-4H3,(H,28,29,30)/t19-/m0/s1. The number of hydrogen-bond acceptors (Lipinski definition) is 8. The second kappa shape index (κ2) is 9.98. The molecule has 0 radical (unpaired) electrons. The molecule has 0 amide bonds. The van der Waals surface area contributed by atoms with E-state index < -0.39 is 10.0 Å². The molecule has 1 N–H and O–H groups in total. The van der Waals surface area contributed by atoms with E-state index in [0.717, 1.165) is 41.9 Å². The number of sulfonamides is 1. The van der Waals surface area contributed by atoms with Gasteiger partial charge in [0.15, 0.2) is 0 Å². The molecule has 4 aromatic rings. The first-order chi connectivity index (χ1) is 17.7. The summed E-state index contributed by atoms with van der Waals surface area (Å²) >= 11 is 0. The number of aromatic nitrogens is 4. The lowest BCUT2D eigenvalue weighted by atomic mass is 10.1. The Hall–Kier alpha value is -3.70. The molecule has 194 valence electrons. The quantitative estimate of drug-likeness (QED) is 0.397. The lowest BCUT2D eigenvalue weighted by Gasteiger charge is -2.39. The largest absolute Gasteiger partial charge is 0.369 e. The lowest BCUT2D eigenvalue weighted by Crippen LogP contribution is -2.50. The molecule has 0 aliphatic carbocycles. The van der Waals surface area contributed by atoms with Crippen molar-refractivity contribution in [2.45, 2.75) is 19.5 Å². The zero-order valence-electron chi connectivity index (χ0n) is 21.5. The van der Waals surface area contributed by atoms with Crippen LogP contribution in [0.25, 0.3) is 11.0 Å². The zero-order valence-corrected chi connectivity index (χ0v) is 22.4. The molecule has 1 aromatic carbocycles. The van der Waals surface area contributed by atoms with Gasteiger partial charge in [0.05, 0.1) is 12.8 Å². The molecule has 1 fully saturated rings. The van der Waals surface area contributed by atoms with Crippen LogP contribution in [0.15, 0.2) is 61.1 Å². The molecular weight excluding hydrogens is 488 g/mol. The van der Waals surface area contributed by atoms with Crippen molar-refractivity contribution in [1.82, 2.24) is 24.4 Å². The number of nitrogens with zero attached hydrogens (tertiary/aromatic N) is 7.